The number of anilines is 1. The second-order valence-electron chi connectivity index (χ2n) is 4.65. The molecular weight excluding hydrogens is 259 g/mol. The first-order valence-corrected chi connectivity index (χ1v) is 6.24. The minimum absolute atomic E-state index is 0.186. The van der Waals surface area contributed by atoms with Gasteiger partial charge in [0.1, 0.15) is 5.82 Å². The Bertz CT molecular complexity index is 616. The Morgan fingerprint density at radius 2 is 2.00 bits per heavy atom. The zero-order chi connectivity index (χ0) is 14.7. The normalized spacial score (nSPS) is 10.7. The fourth-order valence-electron chi connectivity index (χ4n) is 1.77. The van der Waals surface area contributed by atoms with Gasteiger partial charge in [-0.25, -0.2) is 20.2 Å². The van der Waals surface area contributed by atoms with Gasteiger partial charge in [-0.2, -0.15) is 0 Å². The highest BCUT2D eigenvalue weighted by Gasteiger charge is 2.11. The van der Waals surface area contributed by atoms with Gasteiger partial charge in [-0.05, 0) is 24.1 Å². The molecule has 0 amide bonds. The van der Waals surface area contributed by atoms with Crippen LogP contribution in [0.1, 0.15) is 25.5 Å². The third-order valence-electron chi connectivity index (χ3n) is 2.90. The molecule has 0 saturated carbocycles. The molecular formula is C14H17FN4O. The summed E-state index contributed by atoms with van der Waals surface area (Å²) in [6, 6.07) is 6.37. The lowest BCUT2D eigenvalue weighted by Crippen LogP contribution is -2.11. The van der Waals surface area contributed by atoms with E-state index in [-0.39, 0.29) is 11.7 Å². The summed E-state index contributed by atoms with van der Waals surface area (Å²) in [4.78, 5) is 8.68. The maximum Gasteiger partial charge on any atom is 0.165 e. The lowest BCUT2D eigenvalue weighted by atomic mass is 10.1. The van der Waals surface area contributed by atoms with Gasteiger partial charge in [0, 0.05) is 17.3 Å². The highest BCUT2D eigenvalue weighted by atomic mass is 19.1. The number of nitrogens with two attached hydrogens (primary N) is 1. The number of ether oxygens (including phenoxy) is 1. The fourth-order valence-corrected chi connectivity index (χ4v) is 1.77. The van der Waals surface area contributed by atoms with Gasteiger partial charge in [0.25, 0.3) is 0 Å². The molecule has 3 N–H and O–H groups in total. The van der Waals surface area contributed by atoms with Crippen LogP contribution in [0.15, 0.2) is 24.3 Å². The van der Waals surface area contributed by atoms with Crippen LogP contribution in [-0.2, 0) is 0 Å². The molecule has 0 fully saturated rings. The number of nitrogens with zero attached hydrogens (tertiary/aromatic N) is 2. The van der Waals surface area contributed by atoms with Crippen LogP contribution in [-0.4, -0.2) is 17.1 Å². The summed E-state index contributed by atoms with van der Waals surface area (Å²) in [6.07, 6.45) is 0. The zero-order valence-corrected chi connectivity index (χ0v) is 11.6. The summed E-state index contributed by atoms with van der Waals surface area (Å²) in [5.74, 6) is 6.27. The van der Waals surface area contributed by atoms with Crippen LogP contribution in [0.4, 0.5) is 10.2 Å². The molecule has 106 valence electrons. The first-order chi connectivity index (χ1) is 9.55. The third kappa shape index (κ3) is 2.85. The third-order valence-corrected chi connectivity index (χ3v) is 2.90. The van der Waals surface area contributed by atoms with E-state index < -0.39 is 5.82 Å². The molecule has 2 aromatic rings. The van der Waals surface area contributed by atoms with E-state index in [1.165, 1.54) is 13.2 Å². The summed E-state index contributed by atoms with van der Waals surface area (Å²) in [6.45, 7) is 4.03. The molecule has 0 saturated heterocycles. The summed E-state index contributed by atoms with van der Waals surface area (Å²) in [7, 11) is 1.42. The van der Waals surface area contributed by atoms with Gasteiger partial charge in [-0.15, -0.1) is 0 Å². The van der Waals surface area contributed by atoms with Crippen molar-refractivity contribution in [1.82, 2.24) is 9.97 Å². The second-order valence-corrected chi connectivity index (χ2v) is 4.65. The summed E-state index contributed by atoms with van der Waals surface area (Å²) in [5, 5.41) is 0. The Kier molecular flexibility index (Phi) is 4.14. The molecule has 20 heavy (non-hydrogen) atoms. The number of rotatable bonds is 4. The Labute approximate surface area is 117 Å². The second kappa shape index (κ2) is 5.83. The Morgan fingerprint density at radius 1 is 1.25 bits per heavy atom. The minimum Gasteiger partial charge on any atom is -0.494 e. The van der Waals surface area contributed by atoms with Gasteiger partial charge in [-0.1, -0.05) is 13.8 Å². The average molecular weight is 276 g/mol. The Hall–Kier alpha value is -2.21. The van der Waals surface area contributed by atoms with Crippen molar-refractivity contribution in [3.8, 4) is 17.1 Å². The van der Waals surface area contributed by atoms with Gasteiger partial charge in [0.15, 0.2) is 17.4 Å². The van der Waals surface area contributed by atoms with Crippen LogP contribution in [0.25, 0.3) is 11.4 Å². The van der Waals surface area contributed by atoms with Crippen molar-refractivity contribution in [3.05, 3.63) is 35.8 Å². The quantitative estimate of drug-likeness (QED) is 0.663. The predicted octanol–water partition coefficient (Wildman–Crippen LogP) is 2.70. The van der Waals surface area contributed by atoms with Gasteiger partial charge in [0.05, 0.1) is 7.11 Å². The van der Waals surface area contributed by atoms with Crippen molar-refractivity contribution in [2.45, 2.75) is 19.8 Å². The van der Waals surface area contributed by atoms with Crippen molar-refractivity contribution < 1.29 is 9.13 Å². The molecule has 1 aromatic carbocycles. The molecule has 0 radical (unpaired) electrons. The maximum absolute atomic E-state index is 13.8. The molecule has 0 aliphatic heterocycles. The molecule has 0 spiro atoms. The number of aromatic nitrogens is 2. The van der Waals surface area contributed by atoms with E-state index in [4.69, 9.17) is 10.6 Å². The molecule has 0 aliphatic rings. The SMILES string of the molecule is COc1ccc(-c2nc(NN)cc(C(C)C)n2)cc1F. The minimum atomic E-state index is -0.453. The highest BCUT2D eigenvalue weighted by molar-refractivity contribution is 5.59. The number of nitrogen functional groups attached to an aromatic ring is 1. The number of halogens is 1. The molecule has 0 aliphatic carbocycles. The van der Waals surface area contributed by atoms with Crippen molar-refractivity contribution in [1.29, 1.82) is 0 Å². The van der Waals surface area contributed by atoms with Gasteiger partial charge in [-0.3, -0.25) is 0 Å². The number of methoxy groups -OCH3 is 1. The number of hydrazine groups is 1. The lowest BCUT2D eigenvalue weighted by molar-refractivity contribution is 0.386. The van der Waals surface area contributed by atoms with Gasteiger partial charge >= 0.3 is 0 Å². The number of benzene rings is 1. The standard InChI is InChI=1S/C14H17FN4O/c1-8(2)11-7-13(19-16)18-14(17-11)9-4-5-12(20-3)10(15)6-9/h4-8H,16H2,1-3H3,(H,17,18,19). The van der Waals surface area contributed by atoms with E-state index in [0.29, 0.717) is 17.2 Å². The molecule has 0 atom stereocenters. The topological polar surface area (TPSA) is 73.1 Å². The lowest BCUT2D eigenvalue weighted by Gasteiger charge is -2.10. The van der Waals surface area contributed by atoms with E-state index in [2.05, 4.69) is 15.4 Å². The van der Waals surface area contributed by atoms with E-state index >= 15 is 0 Å². The molecule has 0 unspecified atom stereocenters. The maximum atomic E-state index is 13.8. The Morgan fingerprint density at radius 3 is 2.55 bits per heavy atom. The highest BCUT2D eigenvalue weighted by Crippen LogP contribution is 2.25. The van der Waals surface area contributed by atoms with Crippen LogP contribution in [0, 0.1) is 5.82 Å². The number of nitrogens with one attached hydrogen (secondary N) is 1. The monoisotopic (exact) mass is 276 g/mol. The fraction of sp³-hybridized carbons (Fsp3) is 0.286. The van der Waals surface area contributed by atoms with E-state index in [0.717, 1.165) is 5.69 Å². The van der Waals surface area contributed by atoms with Crippen molar-refractivity contribution in [2.24, 2.45) is 5.84 Å². The van der Waals surface area contributed by atoms with E-state index in [9.17, 15) is 4.39 Å². The molecule has 5 nitrogen and oxygen atoms in total. The van der Waals surface area contributed by atoms with Crippen LogP contribution in [0.3, 0.4) is 0 Å². The first-order valence-electron chi connectivity index (χ1n) is 6.24. The van der Waals surface area contributed by atoms with Crippen molar-refractivity contribution in [2.75, 3.05) is 12.5 Å². The van der Waals surface area contributed by atoms with E-state index in [1.54, 1.807) is 18.2 Å². The van der Waals surface area contributed by atoms with Crippen LogP contribution in [0.5, 0.6) is 5.75 Å². The van der Waals surface area contributed by atoms with Crippen molar-refractivity contribution in [3.63, 3.8) is 0 Å². The van der Waals surface area contributed by atoms with Crippen LogP contribution < -0.4 is 16.0 Å². The average Bonchev–Trinajstić information content (AvgIpc) is 2.46. The largest absolute Gasteiger partial charge is 0.494 e. The molecule has 6 heteroatoms. The molecule has 0 bridgehead atoms. The smallest absolute Gasteiger partial charge is 0.165 e. The predicted molar refractivity (Wildman–Crippen MR) is 75.9 cm³/mol. The number of hydrogen-bond donors (Lipinski definition) is 2. The van der Waals surface area contributed by atoms with Crippen molar-refractivity contribution >= 4 is 5.82 Å². The molecule has 1 aromatic heterocycles. The number of hydrogen-bond acceptors (Lipinski definition) is 5. The molecule has 2 rings (SSSR count). The van der Waals surface area contributed by atoms with Crippen LogP contribution >= 0.6 is 0 Å². The van der Waals surface area contributed by atoms with Gasteiger partial charge in [0.2, 0.25) is 0 Å². The summed E-state index contributed by atoms with van der Waals surface area (Å²) in [5.41, 5.74) is 3.90. The first kappa shape index (κ1) is 14.2. The summed E-state index contributed by atoms with van der Waals surface area (Å²) < 4.78 is 18.7. The Balaban J connectivity index is 2.51. The molecule has 1 heterocycles. The van der Waals surface area contributed by atoms with Gasteiger partial charge < -0.3 is 10.2 Å². The van der Waals surface area contributed by atoms with E-state index in [1.807, 2.05) is 13.8 Å². The zero-order valence-electron chi connectivity index (χ0n) is 11.6. The van der Waals surface area contributed by atoms with Crippen LogP contribution in [0.2, 0.25) is 0 Å². The summed E-state index contributed by atoms with van der Waals surface area (Å²) >= 11 is 0.